The number of amides is 1. The molecule has 1 aromatic rings. The zero-order valence-electron chi connectivity index (χ0n) is 10.5. The molecule has 0 aliphatic carbocycles. The van der Waals surface area contributed by atoms with E-state index in [1.54, 1.807) is 0 Å². The molecule has 0 aromatic heterocycles. The highest BCUT2D eigenvalue weighted by Crippen LogP contribution is 2.07. The van der Waals surface area contributed by atoms with E-state index < -0.39 is 11.6 Å². The van der Waals surface area contributed by atoms with Crippen LogP contribution in [0.15, 0.2) is 18.2 Å². The SMILES string of the molecule is CC(C)OCC(=O)NCCc1cc(F)cc(F)c1. The minimum atomic E-state index is -0.612. The highest BCUT2D eigenvalue weighted by molar-refractivity contribution is 5.77. The van der Waals surface area contributed by atoms with Gasteiger partial charge < -0.3 is 10.1 Å². The largest absolute Gasteiger partial charge is 0.369 e. The number of benzene rings is 1. The van der Waals surface area contributed by atoms with Gasteiger partial charge in [-0.2, -0.15) is 0 Å². The van der Waals surface area contributed by atoms with Gasteiger partial charge >= 0.3 is 0 Å². The Morgan fingerprint density at radius 2 is 1.89 bits per heavy atom. The molecule has 1 N–H and O–H groups in total. The van der Waals surface area contributed by atoms with Crippen molar-refractivity contribution in [2.45, 2.75) is 26.4 Å². The maximum absolute atomic E-state index is 12.9. The number of halogens is 2. The lowest BCUT2D eigenvalue weighted by Gasteiger charge is -2.08. The quantitative estimate of drug-likeness (QED) is 0.847. The van der Waals surface area contributed by atoms with Gasteiger partial charge in [-0.3, -0.25) is 4.79 Å². The van der Waals surface area contributed by atoms with E-state index in [4.69, 9.17) is 4.74 Å². The first-order valence-corrected chi connectivity index (χ1v) is 5.80. The smallest absolute Gasteiger partial charge is 0.246 e. The summed E-state index contributed by atoms with van der Waals surface area (Å²) in [6.07, 6.45) is 0.371. The zero-order valence-corrected chi connectivity index (χ0v) is 10.5. The second-order valence-electron chi connectivity index (χ2n) is 4.24. The second kappa shape index (κ2) is 7.06. The average Bonchev–Trinajstić information content (AvgIpc) is 2.25. The number of ether oxygens (including phenoxy) is 1. The zero-order chi connectivity index (χ0) is 13.5. The molecule has 0 spiro atoms. The van der Waals surface area contributed by atoms with E-state index in [0.717, 1.165) is 6.07 Å². The lowest BCUT2D eigenvalue weighted by molar-refractivity contribution is -0.127. The molecule has 0 aliphatic heterocycles. The van der Waals surface area contributed by atoms with E-state index in [9.17, 15) is 13.6 Å². The van der Waals surface area contributed by atoms with Gasteiger partial charge in [-0.15, -0.1) is 0 Å². The molecule has 18 heavy (non-hydrogen) atoms. The third-order valence-electron chi connectivity index (χ3n) is 2.21. The Morgan fingerprint density at radius 1 is 1.28 bits per heavy atom. The molecule has 0 heterocycles. The van der Waals surface area contributed by atoms with E-state index in [1.165, 1.54) is 12.1 Å². The van der Waals surface area contributed by atoms with Crippen molar-refractivity contribution in [1.82, 2.24) is 5.32 Å². The Labute approximate surface area is 105 Å². The number of carbonyl (C=O) groups is 1. The summed E-state index contributed by atoms with van der Waals surface area (Å²) in [6.45, 7) is 3.99. The van der Waals surface area contributed by atoms with Gasteiger partial charge in [-0.1, -0.05) is 0 Å². The van der Waals surface area contributed by atoms with E-state index in [0.29, 0.717) is 18.5 Å². The van der Waals surface area contributed by atoms with Gasteiger partial charge in [0.05, 0.1) is 6.10 Å². The standard InChI is InChI=1S/C13H17F2NO2/c1-9(2)18-8-13(17)16-4-3-10-5-11(14)7-12(15)6-10/h5-7,9H,3-4,8H2,1-2H3,(H,16,17). The van der Waals surface area contributed by atoms with Gasteiger partial charge in [-0.05, 0) is 38.0 Å². The molecule has 100 valence electrons. The monoisotopic (exact) mass is 257 g/mol. The van der Waals surface area contributed by atoms with Crippen LogP contribution in [0.5, 0.6) is 0 Å². The van der Waals surface area contributed by atoms with Crippen LogP contribution in [0.4, 0.5) is 8.78 Å². The third kappa shape index (κ3) is 5.72. The third-order valence-corrected chi connectivity index (χ3v) is 2.21. The van der Waals surface area contributed by atoms with Crippen molar-refractivity contribution in [3.8, 4) is 0 Å². The van der Waals surface area contributed by atoms with Crippen molar-refractivity contribution in [3.05, 3.63) is 35.4 Å². The number of carbonyl (C=O) groups excluding carboxylic acids is 1. The molecule has 0 saturated heterocycles. The van der Waals surface area contributed by atoms with Crippen LogP contribution in [0, 0.1) is 11.6 Å². The van der Waals surface area contributed by atoms with E-state index in [-0.39, 0.29) is 18.6 Å². The molecule has 0 aliphatic rings. The summed E-state index contributed by atoms with van der Waals surface area (Å²) in [6, 6.07) is 3.32. The maximum atomic E-state index is 12.9. The number of hydrogen-bond donors (Lipinski definition) is 1. The molecule has 0 saturated carbocycles. The lowest BCUT2D eigenvalue weighted by Crippen LogP contribution is -2.30. The van der Waals surface area contributed by atoms with Gasteiger partial charge in [0.25, 0.3) is 0 Å². The molecule has 5 heteroatoms. The molecule has 3 nitrogen and oxygen atoms in total. The van der Waals surface area contributed by atoms with E-state index in [1.807, 2.05) is 13.8 Å². The molecule has 0 fully saturated rings. The fourth-order valence-electron chi connectivity index (χ4n) is 1.39. The van der Waals surface area contributed by atoms with Crippen LogP contribution in [0.1, 0.15) is 19.4 Å². The summed E-state index contributed by atoms with van der Waals surface area (Å²) in [5, 5.41) is 2.62. The van der Waals surface area contributed by atoms with Gasteiger partial charge in [0.1, 0.15) is 18.2 Å². The Kier molecular flexibility index (Phi) is 5.71. The maximum Gasteiger partial charge on any atom is 0.246 e. The molecular formula is C13H17F2NO2. The summed E-state index contributed by atoms with van der Waals surface area (Å²) in [4.78, 5) is 11.3. The van der Waals surface area contributed by atoms with Crippen molar-refractivity contribution in [2.24, 2.45) is 0 Å². The van der Waals surface area contributed by atoms with Crippen LogP contribution in [-0.2, 0) is 16.0 Å². The van der Waals surface area contributed by atoms with Crippen molar-refractivity contribution in [2.75, 3.05) is 13.2 Å². The number of rotatable bonds is 6. The second-order valence-corrected chi connectivity index (χ2v) is 4.24. The minimum absolute atomic E-state index is 0.00478. The number of nitrogens with one attached hydrogen (secondary N) is 1. The lowest BCUT2D eigenvalue weighted by atomic mass is 10.1. The Morgan fingerprint density at radius 3 is 2.44 bits per heavy atom. The summed E-state index contributed by atoms with van der Waals surface area (Å²) in [5.74, 6) is -1.46. The first kappa shape index (κ1) is 14.6. The van der Waals surface area contributed by atoms with Gasteiger partial charge in [0.15, 0.2) is 0 Å². The van der Waals surface area contributed by atoms with Crippen molar-refractivity contribution in [1.29, 1.82) is 0 Å². The van der Waals surface area contributed by atoms with Crippen LogP contribution in [0.2, 0.25) is 0 Å². The van der Waals surface area contributed by atoms with Crippen molar-refractivity contribution < 1.29 is 18.3 Å². The molecular weight excluding hydrogens is 240 g/mol. The summed E-state index contributed by atoms with van der Waals surface area (Å²) in [7, 11) is 0. The Hall–Kier alpha value is -1.49. The first-order valence-electron chi connectivity index (χ1n) is 5.80. The van der Waals surface area contributed by atoms with Crippen LogP contribution < -0.4 is 5.32 Å². The first-order chi connectivity index (χ1) is 8.47. The highest BCUT2D eigenvalue weighted by atomic mass is 19.1. The van der Waals surface area contributed by atoms with Crippen LogP contribution >= 0.6 is 0 Å². The molecule has 0 atom stereocenters. The van der Waals surface area contributed by atoms with Crippen molar-refractivity contribution in [3.63, 3.8) is 0 Å². The predicted molar refractivity (Wildman–Crippen MR) is 64.2 cm³/mol. The molecule has 1 amide bonds. The molecule has 1 rings (SSSR count). The molecule has 0 bridgehead atoms. The predicted octanol–water partition coefficient (Wildman–Crippen LogP) is 2.05. The van der Waals surface area contributed by atoms with Gasteiger partial charge in [-0.25, -0.2) is 8.78 Å². The van der Waals surface area contributed by atoms with Crippen LogP contribution in [0.25, 0.3) is 0 Å². The van der Waals surface area contributed by atoms with Crippen LogP contribution in [-0.4, -0.2) is 25.2 Å². The Bertz CT molecular complexity index is 388. The van der Waals surface area contributed by atoms with E-state index >= 15 is 0 Å². The fraction of sp³-hybridized carbons (Fsp3) is 0.462. The molecule has 1 aromatic carbocycles. The Balaban J connectivity index is 2.30. The average molecular weight is 257 g/mol. The van der Waals surface area contributed by atoms with Crippen molar-refractivity contribution >= 4 is 5.91 Å². The minimum Gasteiger partial charge on any atom is -0.369 e. The fourth-order valence-corrected chi connectivity index (χ4v) is 1.39. The summed E-state index contributed by atoms with van der Waals surface area (Å²) >= 11 is 0. The van der Waals surface area contributed by atoms with Gasteiger partial charge in [0.2, 0.25) is 5.91 Å². The highest BCUT2D eigenvalue weighted by Gasteiger charge is 2.04. The number of hydrogen-bond acceptors (Lipinski definition) is 2. The topological polar surface area (TPSA) is 38.3 Å². The molecule has 0 unspecified atom stereocenters. The summed E-state index contributed by atoms with van der Waals surface area (Å²) < 4.78 is 30.9. The van der Waals surface area contributed by atoms with Crippen LogP contribution in [0.3, 0.4) is 0 Å². The normalized spacial score (nSPS) is 10.7. The summed E-state index contributed by atoms with van der Waals surface area (Å²) in [5.41, 5.74) is 0.512. The van der Waals surface area contributed by atoms with Gasteiger partial charge in [0, 0.05) is 12.6 Å². The molecule has 0 radical (unpaired) electrons. The van der Waals surface area contributed by atoms with E-state index in [2.05, 4.69) is 5.32 Å².